The molecular weight excluding hydrogens is 368 g/mol. The number of amides is 1. The Morgan fingerprint density at radius 1 is 0.897 bits per heavy atom. The molecule has 1 fully saturated rings. The van der Waals surface area contributed by atoms with Gasteiger partial charge in [0.2, 0.25) is 5.91 Å². The highest BCUT2D eigenvalue weighted by Gasteiger charge is 2.34. The van der Waals surface area contributed by atoms with Crippen LogP contribution in [0.25, 0.3) is 21.5 Å². The summed E-state index contributed by atoms with van der Waals surface area (Å²) in [6.45, 7) is 1.87. The lowest BCUT2D eigenvalue weighted by molar-refractivity contribution is -0.136. The van der Waals surface area contributed by atoms with E-state index in [1.807, 2.05) is 17.0 Å². The molecule has 0 radical (unpaired) electrons. The van der Waals surface area contributed by atoms with Crippen molar-refractivity contribution in [1.29, 1.82) is 0 Å². The molecule has 1 unspecified atom stereocenters. The minimum absolute atomic E-state index is 0.168. The van der Waals surface area contributed by atoms with Crippen molar-refractivity contribution in [1.82, 2.24) is 10.2 Å². The Morgan fingerprint density at radius 3 is 2.34 bits per heavy atom. The number of carbonyl (C=O) groups is 1. The Bertz CT molecular complexity index is 1140. The number of carbonyl (C=O) groups excluding carboxylic acids is 1. The van der Waals surface area contributed by atoms with Crippen LogP contribution in [0.4, 0.5) is 0 Å². The van der Waals surface area contributed by atoms with Gasteiger partial charge in [0.05, 0.1) is 27.9 Å². The molecule has 150 valence electrons. The van der Waals surface area contributed by atoms with Gasteiger partial charge < -0.3 is 24.4 Å². The fourth-order valence-corrected chi connectivity index (χ4v) is 4.79. The molecule has 1 amide bonds. The number of rotatable bonds is 3. The molecule has 2 aliphatic heterocycles. The molecule has 0 spiro atoms. The summed E-state index contributed by atoms with van der Waals surface area (Å²) in [5, 5.41) is 7.77. The van der Waals surface area contributed by atoms with Crippen molar-refractivity contribution in [2.75, 3.05) is 34.4 Å². The molecule has 0 saturated carbocycles. The van der Waals surface area contributed by atoms with Crippen molar-refractivity contribution in [3.8, 4) is 17.2 Å². The maximum absolute atomic E-state index is 12.5. The molecule has 0 aromatic heterocycles. The number of hydrogen-bond donors (Lipinski definition) is 1. The number of piperazine rings is 1. The summed E-state index contributed by atoms with van der Waals surface area (Å²) in [4.78, 5) is 14.6. The van der Waals surface area contributed by atoms with E-state index in [1.165, 1.54) is 11.1 Å². The number of benzene rings is 3. The van der Waals surface area contributed by atoms with Gasteiger partial charge in [-0.2, -0.15) is 0 Å². The number of nitrogens with zero attached hydrogens (tertiary/aromatic N) is 1. The van der Waals surface area contributed by atoms with Gasteiger partial charge in [0, 0.05) is 19.1 Å². The number of nitrogens with one attached hydrogen (secondary N) is 1. The van der Waals surface area contributed by atoms with Crippen LogP contribution in [0.1, 0.15) is 11.1 Å². The van der Waals surface area contributed by atoms with Crippen LogP contribution in [0.2, 0.25) is 0 Å². The highest BCUT2D eigenvalue weighted by atomic mass is 16.5. The second-order valence-electron chi connectivity index (χ2n) is 7.63. The van der Waals surface area contributed by atoms with Crippen LogP contribution >= 0.6 is 0 Å². The van der Waals surface area contributed by atoms with Gasteiger partial charge in [0.1, 0.15) is 5.75 Å². The van der Waals surface area contributed by atoms with E-state index in [1.54, 1.807) is 21.3 Å². The van der Waals surface area contributed by atoms with E-state index < -0.39 is 0 Å². The van der Waals surface area contributed by atoms with Crippen LogP contribution in [-0.4, -0.2) is 51.3 Å². The zero-order chi connectivity index (χ0) is 20.1. The quantitative estimate of drug-likeness (QED) is 0.695. The van der Waals surface area contributed by atoms with E-state index >= 15 is 0 Å². The normalized spacial score (nSPS) is 18.5. The summed E-state index contributed by atoms with van der Waals surface area (Å²) in [6, 6.07) is 10.5. The third-order valence-electron chi connectivity index (χ3n) is 6.24. The van der Waals surface area contributed by atoms with Crippen LogP contribution in [0.15, 0.2) is 30.3 Å². The molecule has 6 heteroatoms. The second-order valence-corrected chi connectivity index (χ2v) is 7.63. The highest BCUT2D eigenvalue weighted by molar-refractivity contribution is 6.12. The smallest absolute Gasteiger partial charge is 0.237 e. The van der Waals surface area contributed by atoms with E-state index in [-0.39, 0.29) is 11.9 Å². The van der Waals surface area contributed by atoms with Gasteiger partial charge in [-0.1, -0.05) is 6.07 Å². The maximum Gasteiger partial charge on any atom is 0.237 e. The van der Waals surface area contributed by atoms with E-state index in [0.717, 1.165) is 40.3 Å². The molecule has 2 aliphatic rings. The van der Waals surface area contributed by atoms with Crippen molar-refractivity contribution in [3.63, 3.8) is 0 Å². The van der Waals surface area contributed by atoms with Crippen molar-refractivity contribution < 1.29 is 19.0 Å². The Labute approximate surface area is 169 Å². The van der Waals surface area contributed by atoms with E-state index in [0.29, 0.717) is 24.6 Å². The van der Waals surface area contributed by atoms with Gasteiger partial charge in [-0.05, 0) is 63.4 Å². The SMILES string of the molecule is COc1ccc2c3c(c4cc(OC)c(OC)cc4c2c1)CC1CNCC(=O)N1C3. The number of methoxy groups -OCH3 is 3. The highest BCUT2D eigenvalue weighted by Crippen LogP contribution is 2.43. The predicted octanol–water partition coefficient (Wildman–Crippen LogP) is 2.88. The summed E-state index contributed by atoms with van der Waals surface area (Å²) in [7, 11) is 4.99. The lowest BCUT2D eigenvalue weighted by atomic mass is 9.84. The summed E-state index contributed by atoms with van der Waals surface area (Å²) in [5.41, 5.74) is 2.50. The fourth-order valence-electron chi connectivity index (χ4n) is 4.79. The number of hydrogen-bond acceptors (Lipinski definition) is 5. The topological polar surface area (TPSA) is 60.0 Å². The van der Waals surface area contributed by atoms with Gasteiger partial charge >= 0.3 is 0 Å². The number of ether oxygens (including phenoxy) is 3. The van der Waals surface area contributed by atoms with Gasteiger partial charge in [0.25, 0.3) is 0 Å². The van der Waals surface area contributed by atoms with Gasteiger partial charge in [0.15, 0.2) is 11.5 Å². The first-order valence-electron chi connectivity index (χ1n) is 9.82. The van der Waals surface area contributed by atoms with Crippen molar-refractivity contribution in [2.24, 2.45) is 0 Å². The van der Waals surface area contributed by atoms with E-state index in [2.05, 4.69) is 23.5 Å². The summed E-state index contributed by atoms with van der Waals surface area (Å²) in [6.07, 6.45) is 0.821. The Kier molecular flexibility index (Phi) is 4.24. The Hall–Kier alpha value is -2.99. The van der Waals surface area contributed by atoms with Crippen LogP contribution in [0.3, 0.4) is 0 Å². The molecule has 0 aliphatic carbocycles. The summed E-state index contributed by atoms with van der Waals surface area (Å²) >= 11 is 0. The molecule has 3 aromatic rings. The predicted molar refractivity (Wildman–Crippen MR) is 112 cm³/mol. The monoisotopic (exact) mass is 392 g/mol. The minimum atomic E-state index is 0.168. The molecule has 2 heterocycles. The van der Waals surface area contributed by atoms with Gasteiger partial charge in [-0.25, -0.2) is 0 Å². The zero-order valence-electron chi connectivity index (χ0n) is 16.9. The van der Waals surface area contributed by atoms with Crippen molar-refractivity contribution in [2.45, 2.75) is 19.0 Å². The first-order chi connectivity index (χ1) is 14.1. The van der Waals surface area contributed by atoms with Gasteiger partial charge in [-0.15, -0.1) is 0 Å². The van der Waals surface area contributed by atoms with Gasteiger partial charge in [-0.3, -0.25) is 4.79 Å². The maximum atomic E-state index is 12.5. The number of fused-ring (bicyclic) bond motifs is 7. The molecule has 0 bridgehead atoms. The zero-order valence-corrected chi connectivity index (χ0v) is 16.9. The Balaban J connectivity index is 1.85. The summed E-state index contributed by atoms with van der Waals surface area (Å²) < 4.78 is 16.7. The fraction of sp³-hybridized carbons (Fsp3) is 0.348. The van der Waals surface area contributed by atoms with Crippen LogP contribution < -0.4 is 19.5 Å². The molecule has 1 atom stereocenters. The third kappa shape index (κ3) is 2.70. The lowest BCUT2D eigenvalue weighted by Gasteiger charge is -2.41. The molecule has 3 aromatic carbocycles. The van der Waals surface area contributed by atoms with Crippen molar-refractivity contribution >= 4 is 27.5 Å². The van der Waals surface area contributed by atoms with Crippen molar-refractivity contribution in [3.05, 3.63) is 41.5 Å². The molecule has 29 heavy (non-hydrogen) atoms. The van der Waals surface area contributed by atoms with Crippen LogP contribution in [0, 0.1) is 0 Å². The molecule has 1 saturated heterocycles. The molecule has 5 rings (SSSR count). The average Bonchev–Trinajstić information content (AvgIpc) is 2.77. The first-order valence-corrected chi connectivity index (χ1v) is 9.82. The molecule has 1 N–H and O–H groups in total. The largest absolute Gasteiger partial charge is 0.497 e. The van der Waals surface area contributed by atoms with E-state index in [4.69, 9.17) is 14.2 Å². The first kappa shape index (κ1) is 18.1. The minimum Gasteiger partial charge on any atom is -0.497 e. The molecular formula is C23H24N2O4. The standard InChI is InChI=1S/C23H24N2O4/c1-27-14-4-5-15-17(7-14)19-9-22(29-3)21(28-2)8-18(19)16-6-13-10-24-11-23(26)25(13)12-20(15)16/h4-5,7-9,13,24H,6,10-12H2,1-3H3. The molecule has 6 nitrogen and oxygen atoms in total. The van der Waals surface area contributed by atoms with Crippen LogP contribution in [-0.2, 0) is 17.8 Å². The lowest BCUT2D eigenvalue weighted by Crippen LogP contribution is -2.56. The summed E-state index contributed by atoms with van der Waals surface area (Å²) in [5.74, 6) is 2.39. The Morgan fingerprint density at radius 2 is 1.62 bits per heavy atom. The third-order valence-corrected chi connectivity index (χ3v) is 6.24. The van der Waals surface area contributed by atoms with Crippen LogP contribution in [0.5, 0.6) is 17.2 Å². The van der Waals surface area contributed by atoms with E-state index in [9.17, 15) is 4.79 Å². The average molecular weight is 392 g/mol. The second kappa shape index (κ2) is 6.81.